The molecule has 1 saturated carbocycles. The second kappa shape index (κ2) is 2.09. The summed E-state index contributed by atoms with van der Waals surface area (Å²) in [7, 11) is 1.34. The standard InChI is InChI=1S/C7H11NO2/c1-3-5-4-7(5,8)6(9)10-2/h3,5H,1,4,8H2,2H3/t5-,7-/m0/s1. The van der Waals surface area contributed by atoms with Gasteiger partial charge in [0, 0.05) is 5.92 Å². The van der Waals surface area contributed by atoms with Gasteiger partial charge in [-0.1, -0.05) is 6.08 Å². The van der Waals surface area contributed by atoms with Crippen molar-refractivity contribution in [2.75, 3.05) is 7.11 Å². The molecule has 0 heterocycles. The molecule has 0 aromatic carbocycles. The van der Waals surface area contributed by atoms with Gasteiger partial charge in [-0.2, -0.15) is 0 Å². The Hall–Kier alpha value is -0.830. The van der Waals surface area contributed by atoms with Gasteiger partial charge in [0.2, 0.25) is 0 Å². The first-order valence-corrected chi connectivity index (χ1v) is 3.15. The zero-order valence-electron chi connectivity index (χ0n) is 5.96. The van der Waals surface area contributed by atoms with E-state index in [2.05, 4.69) is 11.3 Å². The van der Waals surface area contributed by atoms with Crippen LogP contribution in [0.5, 0.6) is 0 Å². The van der Waals surface area contributed by atoms with Gasteiger partial charge in [0.05, 0.1) is 7.11 Å². The lowest BCUT2D eigenvalue weighted by molar-refractivity contribution is -0.143. The topological polar surface area (TPSA) is 52.3 Å². The molecule has 0 radical (unpaired) electrons. The third-order valence-electron chi connectivity index (χ3n) is 1.91. The van der Waals surface area contributed by atoms with Crippen LogP contribution in [0.3, 0.4) is 0 Å². The van der Waals surface area contributed by atoms with Gasteiger partial charge in [-0.25, -0.2) is 0 Å². The number of hydrogen-bond donors (Lipinski definition) is 1. The van der Waals surface area contributed by atoms with Crippen molar-refractivity contribution in [2.24, 2.45) is 11.7 Å². The SMILES string of the molecule is C=C[C@H]1C[C@@]1(N)C(=O)OC. The molecule has 2 N–H and O–H groups in total. The molecule has 56 valence electrons. The Morgan fingerprint density at radius 2 is 2.60 bits per heavy atom. The summed E-state index contributed by atoms with van der Waals surface area (Å²) < 4.78 is 4.50. The van der Waals surface area contributed by atoms with Crippen LogP contribution >= 0.6 is 0 Å². The molecule has 0 aromatic rings. The molecule has 1 aliphatic carbocycles. The molecule has 1 aliphatic rings. The number of carbonyl (C=O) groups excluding carboxylic acids is 1. The first-order chi connectivity index (χ1) is 4.65. The van der Waals surface area contributed by atoms with Crippen LogP contribution in [0.15, 0.2) is 12.7 Å². The van der Waals surface area contributed by atoms with Gasteiger partial charge in [-0.15, -0.1) is 6.58 Å². The lowest BCUT2D eigenvalue weighted by Crippen LogP contribution is -2.36. The Morgan fingerprint density at radius 3 is 2.90 bits per heavy atom. The number of carbonyl (C=O) groups is 1. The van der Waals surface area contributed by atoms with E-state index in [-0.39, 0.29) is 11.9 Å². The summed E-state index contributed by atoms with van der Waals surface area (Å²) in [5.74, 6) is -0.225. The summed E-state index contributed by atoms with van der Waals surface area (Å²) in [5.41, 5.74) is 4.86. The number of hydrogen-bond acceptors (Lipinski definition) is 3. The second-order valence-corrected chi connectivity index (χ2v) is 2.58. The van der Waals surface area contributed by atoms with Gasteiger partial charge in [-0.05, 0) is 6.42 Å². The van der Waals surface area contributed by atoms with E-state index < -0.39 is 5.54 Å². The molecule has 2 atom stereocenters. The van der Waals surface area contributed by atoms with Crippen molar-refractivity contribution in [1.82, 2.24) is 0 Å². The molecule has 1 fully saturated rings. The van der Waals surface area contributed by atoms with Crippen LogP contribution in [0.25, 0.3) is 0 Å². The van der Waals surface area contributed by atoms with Crippen molar-refractivity contribution in [3.8, 4) is 0 Å². The summed E-state index contributed by atoms with van der Waals surface area (Å²) in [5, 5.41) is 0. The fraction of sp³-hybridized carbons (Fsp3) is 0.571. The number of nitrogens with two attached hydrogens (primary N) is 1. The van der Waals surface area contributed by atoms with E-state index in [1.807, 2.05) is 0 Å². The van der Waals surface area contributed by atoms with Crippen LogP contribution < -0.4 is 5.73 Å². The summed E-state index contributed by atoms with van der Waals surface area (Å²) in [6.45, 7) is 3.55. The predicted molar refractivity (Wildman–Crippen MR) is 37.2 cm³/mol. The first kappa shape index (κ1) is 7.28. The molecule has 3 heteroatoms. The minimum Gasteiger partial charge on any atom is -0.468 e. The monoisotopic (exact) mass is 141 g/mol. The zero-order chi connectivity index (χ0) is 7.78. The zero-order valence-corrected chi connectivity index (χ0v) is 5.96. The minimum absolute atomic E-state index is 0.111. The summed E-state index contributed by atoms with van der Waals surface area (Å²) in [4.78, 5) is 10.9. The fourth-order valence-corrected chi connectivity index (χ4v) is 1.02. The number of methoxy groups -OCH3 is 1. The van der Waals surface area contributed by atoms with Crippen molar-refractivity contribution >= 4 is 5.97 Å². The number of ether oxygens (including phenoxy) is 1. The quantitative estimate of drug-likeness (QED) is 0.437. The van der Waals surface area contributed by atoms with Crippen LogP contribution in [0, 0.1) is 5.92 Å². The van der Waals surface area contributed by atoms with Gasteiger partial charge in [0.25, 0.3) is 0 Å². The lowest BCUT2D eigenvalue weighted by atomic mass is 10.2. The maximum absolute atomic E-state index is 10.9. The van der Waals surface area contributed by atoms with Gasteiger partial charge < -0.3 is 10.5 Å². The van der Waals surface area contributed by atoms with E-state index in [1.54, 1.807) is 6.08 Å². The molecule has 0 aliphatic heterocycles. The molecular weight excluding hydrogens is 130 g/mol. The van der Waals surface area contributed by atoms with E-state index in [9.17, 15) is 4.79 Å². The summed E-state index contributed by atoms with van der Waals surface area (Å²) in [6, 6.07) is 0. The Labute approximate surface area is 59.8 Å². The third kappa shape index (κ3) is 0.827. The van der Waals surface area contributed by atoms with Crippen LogP contribution in [0.1, 0.15) is 6.42 Å². The molecule has 3 nitrogen and oxygen atoms in total. The van der Waals surface area contributed by atoms with Gasteiger partial charge in [0.1, 0.15) is 5.54 Å². The van der Waals surface area contributed by atoms with Crippen LogP contribution in [-0.4, -0.2) is 18.6 Å². The normalized spacial score (nSPS) is 36.8. The second-order valence-electron chi connectivity index (χ2n) is 2.58. The lowest BCUT2D eigenvalue weighted by Gasteiger charge is -2.05. The first-order valence-electron chi connectivity index (χ1n) is 3.15. The van der Waals surface area contributed by atoms with Crippen molar-refractivity contribution in [3.63, 3.8) is 0 Å². The van der Waals surface area contributed by atoms with Gasteiger partial charge >= 0.3 is 5.97 Å². The van der Waals surface area contributed by atoms with Crippen LogP contribution in [-0.2, 0) is 9.53 Å². The average Bonchev–Trinajstić information content (AvgIpc) is 2.61. The highest BCUT2D eigenvalue weighted by atomic mass is 16.5. The van der Waals surface area contributed by atoms with Crippen molar-refractivity contribution < 1.29 is 9.53 Å². The van der Waals surface area contributed by atoms with Crippen LogP contribution in [0.4, 0.5) is 0 Å². The minimum atomic E-state index is -0.753. The average molecular weight is 141 g/mol. The Bertz CT molecular complexity index is 178. The van der Waals surface area contributed by atoms with E-state index in [1.165, 1.54) is 7.11 Å². The van der Waals surface area contributed by atoms with E-state index >= 15 is 0 Å². The predicted octanol–water partition coefficient (Wildman–Crippen LogP) is 0.0628. The smallest absolute Gasteiger partial charge is 0.326 e. The maximum Gasteiger partial charge on any atom is 0.326 e. The van der Waals surface area contributed by atoms with Crippen molar-refractivity contribution in [2.45, 2.75) is 12.0 Å². The maximum atomic E-state index is 10.9. The van der Waals surface area contributed by atoms with E-state index in [0.717, 1.165) is 0 Å². The van der Waals surface area contributed by atoms with Gasteiger partial charge in [0.15, 0.2) is 0 Å². The molecule has 0 bridgehead atoms. The number of rotatable bonds is 2. The Kier molecular flexibility index (Phi) is 1.52. The molecular formula is C7H11NO2. The Morgan fingerprint density at radius 1 is 2.00 bits per heavy atom. The molecule has 0 saturated heterocycles. The highest BCUT2D eigenvalue weighted by Crippen LogP contribution is 2.42. The van der Waals surface area contributed by atoms with Gasteiger partial charge in [-0.3, -0.25) is 4.79 Å². The molecule has 0 unspecified atom stereocenters. The summed E-state index contributed by atoms with van der Waals surface area (Å²) >= 11 is 0. The molecule has 10 heavy (non-hydrogen) atoms. The van der Waals surface area contributed by atoms with Crippen LogP contribution in [0.2, 0.25) is 0 Å². The molecule has 0 amide bonds. The van der Waals surface area contributed by atoms with Crippen molar-refractivity contribution in [1.29, 1.82) is 0 Å². The van der Waals surface area contributed by atoms with Crippen molar-refractivity contribution in [3.05, 3.63) is 12.7 Å². The molecule has 1 rings (SSSR count). The molecule has 0 aromatic heterocycles. The highest BCUT2D eigenvalue weighted by molar-refractivity contribution is 5.85. The Balaban J connectivity index is 2.58. The highest BCUT2D eigenvalue weighted by Gasteiger charge is 2.56. The largest absolute Gasteiger partial charge is 0.468 e. The fourth-order valence-electron chi connectivity index (χ4n) is 1.02. The molecule has 0 spiro atoms. The van der Waals surface area contributed by atoms with E-state index in [0.29, 0.717) is 6.42 Å². The third-order valence-corrected chi connectivity index (χ3v) is 1.91. The van der Waals surface area contributed by atoms with E-state index in [4.69, 9.17) is 5.73 Å². The summed E-state index contributed by atoms with van der Waals surface area (Å²) in [6.07, 6.45) is 2.36. The number of esters is 1.